The number of hydrogen-bond acceptors (Lipinski definition) is 4. The Hall–Kier alpha value is -2.67. The van der Waals surface area contributed by atoms with Gasteiger partial charge in [-0.05, 0) is 32.0 Å². The summed E-state index contributed by atoms with van der Waals surface area (Å²) in [6.45, 7) is 3.10. The van der Waals surface area contributed by atoms with Gasteiger partial charge in [-0.1, -0.05) is 18.2 Å². The molecule has 4 rings (SSSR count). The molecule has 1 aliphatic heterocycles. The van der Waals surface area contributed by atoms with Crippen molar-refractivity contribution in [3.63, 3.8) is 0 Å². The van der Waals surface area contributed by atoms with Gasteiger partial charge in [0.2, 0.25) is 5.91 Å². The highest BCUT2D eigenvalue weighted by Gasteiger charge is 2.31. The summed E-state index contributed by atoms with van der Waals surface area (Å²) in [5.41, 5.74) is 1.18. The summed E-state index contributed by atoms with van der Waals surface area (Å²) in [6, 6.07) is 11.2. The summed E-state index contributed by atoms with van der Waals surface area (Å²) in [5.74, 6) is 0.548. The third kappa shape index (κ3) is 3.48. The molecule has 1 aliphatic carbocycles. The van der Waals surface area contributed by atoms with Crippen LogP contribution in [-0.4, -0.2) is 64.6 Å². The van der Waals surface area contributed by atoms with E-state index < -0.39 is 0 Å². The first kappa shape index (κ1) is 16.8. The lowest BCUT2D eigenvalue weighted by atomic mass is 10.3. The number of carbonyl (C=O) groups is 2. The van der Waals surface area contributed by atoms with Gasteiger partial charge in [-0.15, -0.1) is 0 Å². The van der Waals surface area contributed by atoms with E-state index in [0.29, 0.717) is 24.6 Å². The number of carbonyl (C=O) groups excluding carboxylic acids is 2. The number of piperazine rings is 1. The normalized spacial score (nSPS) is 18.0. The van der Waals surface area contributed by atoms with Crippen LogP contribution in [0.3, 0.4) is 0 Å². The standard InChI is InChI=1S/C19H23N5O2/c1-22-9-11-23(12-10-22)19(26)16-13-17(20-18(25)14-7-8-14)24(21-16)15-5-3-2-4-6-15/h2-6,13-14H,7-12H2,1H3,(H,20,25). The van der Waals surface area contributed by atoms with Gasteiger partial charge < -0.3 is 15.1 Å². The summed E-state index contributed by atoms with van der Waals surface area (Å²) in [7, 11) is 2.05. The second-order valence-corrected chi connectivity index (χ2v) is 7.02. The van der Waals surface area contributed by atoms with Crippen molar-refractivity contribution in [1.29, 1.82) is 0 Å². The first-order chi connectivity index (χ1) is 12.6. The fraction of sp³-hybridized carbons (Fsp3) is 0.421. The molecule has 7 heteroatoms. The van der Waals surface area contributed by atoms with Crippen LogP contribution in [0.15, 0.2) is 36.4 Å². The van der Waals surface area contributed by atoms with Crippen molar-refractivity contribution >= 4 is 17.6 Å². The second-order valence-electron chi connectivity index (χ2n) is 7.02. The number of nitrogens with zero attached hydrogens (tertiary/aromatic N) is 4. The van der Waals surface area contributed by atoms with E-state index in [1.54, 1.807) is 10.7 Å². The Morgan fingerprint density at radius 3 is 2.42 bits per heavy atom. The van der Waals surface area contributed by atoms with Crippen molar-refractivity contribution in [2.24, 2.45) is 5.92 Å². The van der Waals surface area contributed by atoms with Gasteiger partial charge in [0.15, 0.2) is 5.69 Å². The lowest BCUT2D eigenvalue weighted by molar-refractivity contribution is -0.117. The Morgan fingerprint density at radius 1 is 1.08 bits per heavy atom. The fourth-order valence-corrected chi connectivity index (χ4v) is 3.09. The van der Waals surface area contributed by atoms with Gasteiger partial charge in [0, 0.05) is 38.2 Å². The van der Waals surface area contributed by atoms with Gasteiger partial charge in [0.25, 0.3) is 5.91 Å². The molecule has 2 aromatic rings. The number of anilines is 1. The number of aromatic nitrogens is 2. The molecular weight excluding hydrogens is 330 g/mol. The molecule has 7 nitrogen and oxygen atoms in total. The molecule has 26 heavy (non-hydrogen) atoms. The molecule has 2 amide bonds. The molecule has 0 bridgehead atoms. The summed E-state index contributed by atoms with van der Waals surface area (Å²) >= 11 is 0. The quantitative estimate of drug-likeness (QED) is 0.907. The lowest BCUT2D eigenvalue weighted by Crippen LogP contribution is -2.47. The highest BCUT2D eigenvalue weighted by atomic mass is 16.2. The van der Waals surface area contributed by atoms with Crippen LogP contribution in [0.1, 0.15) is 23.3 Å². The van der Waals surface area contributed by atoms with Crippen LogP contribution < -0.4 is 5.32 Å². The van der Waals surface area contributed by atoms with E-state index in [9.17, 15) is 9.59 Å². The van der Waals surface area contributed by atoms with Gasteiger partial charge >= 0.3 is 0 Å². The number of benzene rings is 1. The van der Waals surface area contributed by atoms with Crippen LogP contribution in [0.25, 0.3) is 5.69 Å². The van der Waals surface area contributed by atoms with E-state index >= 15 is 0 Å². The Kier molecular flexibility index (Phi) is 4.46. The lowest BCUT2D eigenvalue weighted by Gasteiger charge is -2.31. The van der Waals surface area contributed by atoms with E-state index in [-0.39, 0.29) is 17.7 Å². The maximum Gasteiger partial charge on any atom is 0.274 e. The minimum atomic E-state index is -0.0882. The van der Waals surface area contributed by atoms with Crippen LogP contribution in [0.2, 0.25) is 0 Å². The number of amides is 2. The largest absolute Gasteiger partial charge is 0.335 e. The van der Waals surface area contributed by atoms with Crippen LogP contribution >= 0.6 is 0 Å². The average molecular weight is 353 g/mol. The van der Waals surface area contributed by atoms with E-state index in [1.165, 1.54) is 0 Å². The van der Waals surface area contributed by atoms with Gasteiger partial charge in [-0.2, -0.15) is 5.10 Å². The molecule has 0 unspecified atom stereocenters. The van der Waals surface area contributed by atoms with Gasteiger partial charge in [0.1, 0.15) is 5.82 Å². The van der Waals surface area contributed by atoms with Crippen molar-refractivity contribution in [2.75, 3.05) is 38.5 Å². The molecule has 2 fully saturated rings. The fourth-order valence-electron chi connectivity index (χ4n) is 3.09. The summed E-state index contributed by atoms with van der Waals surface area (Å²) < 4.78 is 1.64. The Morgan fingerprint density at radius 2 is 1.77 bits per heavy atom. The molecule has 1 N–H and O–H groups in total. The molecule has 1 saturated carbocycles. The molecule has 136 valence electrons. The number of nitrogens with one attached hydrogen (secondary N) is 1. The van der Waals surface area contributed by atoms with E-state index in [1.807, 2.05) is 35.2 Å². The maximum atomic E-state index is 12.9. The highest BCUT2D eigenvalue weighted by Crippen LogP contribution is 2.30. The van der Waals surface area contributed by atoms with Crippen LogP contribution in [0.4, 0.5) is 5.82 Å². The number of hydrogen-bond donors (Lipinski definition) is 1. The van der Waals surface area contributed by atoms with Gasteiger partial charge in [-0.25, -0.2) is 4.68 Å². The van der Waals surface area contributed by atoms with Crippen molar-refractivity contribution < 1.29 is 9.59 Å². The van der Waals surface area contributed by atoms with Gasteiger partial charge in [0.05, 0.1) is 5.69 Å². The molecular formula is C19H23N5O2. The zero-order chi connectivity index (χ0) is 18.1. The van der Waals surface area contributed by atoms with Crippen molar-refractivity contribution in [1.82, 2.24) is 19.6 Å². The predicted octanol–water partition coefficient (Wildman–Crippen LogP) is 1.61. The second kappa shape index (κ2) is 6.92. The molecule has 0 radical (unpaired) electrons. The van der Waals surface area contributed by atoms with Crippen molar-refractivity contribution in [3.05, 3.63) is 42.1 Å². The number of rotatable bonds is 4. The zero-order valence-corrected chi connectivity index (χ0v) is 14.9. The highest BCUT2D eigenvalue weighted by molar-refractivity contribution is 5.97. The Labute approximate surface area is 152 Å². The average Bonchev–Trinajstić information content (AvgIpc) is 3.44. The SMILES string of the molecule is CN1CCN(C(=O)c2cc(NC(=O)C3CC3)n(-c3ccccc3)n2)CC1. The van der Waals surface area contributed by atoms with Crippen LogP contribution in [0.5, 0.6) is 0 Å². The zero-order valence-electron chi connectivity index (χ0n) is 14.9. The van der Waals surface area contributed by atoms with Crippen molar-refractivity contribution in [2.45, 2.75) is 12.8 Å². The molecule has 2 aliphatic rings. The molecule has 0 atom stereocenters. The number of para-hydroxylation sites is 1. The van der Waals surface area contributed by atoms with Gasteiger partial charge in [-0.3, -0.25) is 9.59 Å². The summed E-state index contributed by atoms with van der Waals surface area (Å²) in [4.78, 5) is 29.1. The number of likely N-dealkylation sites (N-methyl/N-ethyl adjacent to an activating group) is 1. The third-order valence-electron chi connectivity index (χ3n) is 4.92. The molecule has 0 spiro atoms. The third-order valence-corrected chi connectivity index (χ3v) is 4.92. The first-order valence-corrected chi connectivity index (χ1v) is 9.06. The topological polar surface area (TPSA) is 70.5 Å². The molecule has 1 aromatic carbocycles. The summed E-state index contributed by atoms with van der Waals surface area (Å²) in [5, 5.41) is 7.44. The monoisotopic (exact) mass is 353 g/mol. The minimum Gasteiger partial charge on any atom is -0.335 e. The summed E-state index contributed by atoms with van der Waals surface area (Å²) in [6.07, 6.45) is 1.86. The van der Waals surface area contributed by atoms with Crippen LogP contribution in [0, 0.1) is 5.92 Å². The molecule has 2 heterocycles. The predicted molar refractivity (Wildman–Crippen MR) is 98.3 cm³/mol. The van der Waals surface area contributed by atoms with E-state index in [4.69, 9.17) is 0 Å². The van der Waals surface area contributed by atoms with Crippen LogP contribution in [-0.2, 0) is 4.79 Å². The first-order valence-electron chi connectivity index (χ1n) is 9.06. The molecule has 1 aromatic heterocycles. The Bertz CT molecular complexity index is 805. The minimum absolute atomic E-state index is 0.000627. The van der Waals surface area contributed by atoms with E-state index in [2.05, 4.69) is 22.4 Å². The molecule has 1 saturated heterocycles. The van der Waals surface area contributed by atoms with E-state index in [0.717, 1.165) is 31.6 Å². The Balaban J connectivity index is 1.62. The smallest absolute Gasteiger partial charge is 0.274 e. The maximum absolute atomic E-state index is 12.9. The van der Waals surface area contributed by atoms with Crippen molar-refractivity contribution in [3.8, 4) is 5.69 Å².